The lowest BCUT2D eigenvalue weighted by Gasteiger charge is -2.36. The molecule has 12 heteroatoms. The van der Waals surface area contributed by atoms with Gasteiger partial charge in [-0.25, -0.2) is 9.79 Å². The van der Waals surface area contributed by atoms with Crippen LogP contribution < -0.4 is 10.6 Å². The molecule has 1 saturated carbocycles. The van der Waals surface area contributed by atoms with E-state index in [9.17, 15) is 23.1 Å². The Labute approximate surface area is 224 Å². The number of carbonyl (C=O) groups is 1. The molecule has 2 unspecified atom stereocenters. The number of morpholine rings is 1. The van der Waals surface area contributed by atoms with E-state index in [0.29, 0.717) is 55.8 Å². The first-order chi connectivity index (χ1) is 18.7. The highest BCUT2D eigenvalue weighted by atomic mass is 19.4. The number of hydrogen-bond donors (Lipinski definition) is 2. The molecule has 3 heterocycles. The van der Waals surface area contributed by atoms with Crippen molar-refractivity contribution in [3.63, 3.8) is 0 Å². The van der Waals surface area contributed by atoms with Crippen LogP contribution in [0.25, 0.3) is 0 Å². The first-order valence-electron chi connectivity index (χ1n) is 13.1. The van der Waals surface area contributed by atoms with Crippen molar-refractivity contribution in [2.75, 3.05) is 31.1 Å². The molecule has 1 aromatic heterocycles. The van der Waals surface area contributed by atoms with Gasteiger partial charge in [0.2, 0.25) is 11.8 Å². The molecule has 3 aliphatic rings. The van der Waals surface area contributed by atoms with E-state index in [1.165, 1.54) is 18.6 Å². The minimum Gasteiger partial charge on any atom is -0.475 e. The van der Waals surface area contributed by atoms with Gasteiger partial charge in [-0.05, 0) is 30.0 Å². The van der Waals surface area contributed by atoms with E-state index in [1.54, 1.807) is 4.90 Å². The molecule has 0 spiro atoms. The number of aliphatic carboxylic acids is 1. The number of terminal acetylenes is 1. The molecule has 9 nitrogen and oxygen atoms in total. The molecule has 0 amide bonds. The molecule has 2 atom stereocenters. The van der Waals surface area contributed by atoms with Gasteiger partial charge in [0.05, 0.1) is 24.8 Å². The number of hydrogen-bond acceptors (Lipinski definition) is 7. The van der Waals surface area contributed by atoms with Gasteiger partial charge < -0.3 is 29.9 Å². The van der Waals surface area contributed by atoms with Crippen LogP contribution in [0.1, 0.15) is 55.1 Å². The summed E-state index contributed by atoms with van der Waals surface area (Å²) in [6.07, 6.45) is 4.59. The second kappa shape index (κ2) is 10.9. The molecular weight excluding hydrogens is 513 g/mol. The molecule has 2 fully saturated rings. The summed E-state index contributed by atoms with van der Waals surface area (Å²) in [5, 5.41) is 9.93. The largest absolute Gasteiger partial charge is 0.475 e. The number of halogens is 3. The molecule has 39 heavy (non-hydrogen) atoms. The first-order valence-corrected chi connectivity index (χ1v) is 13.1. The summed E-state index contributed by atoms with van der Waals surface area (Å²) in [7, 11) is 0. The minimum atomic E-state index is -4.44. The number of aromatic nitrogens is 2. The number of nitrogens with zero attached hydrogens (tertiary/aromatic N) is 5. The van der Waals surface area contributed by atoms with Gasteiger partial charge >= 0.3 is 12.1 Å². The summed E-state index contributed by atoms with van der Waals surface area (Å²) in [6, 6.07) is 4.94. The van der Waals surface area contributed by atoms with E-state index < -0.39 is 23.9 Å². The molecule has 2 aliphatic heterocycles. The summed E-state index contributed by atoms with van der Waals surface area (Å²) in [6.45, 7) is 1.96. The lowest BCUT2D eigenvalue weighted by atomic mass is 9.83. The van der Waals surface area contributed by atoms with Crippen molar-refractivity contribution in [3.8, 4) is 12.3 Å². The highest BCUT2D eigenvalue weighted by Crippen LogP contribution is 2.38. The minimum absolute atomic E-state index is 0.160. The Bertz CT molecular complexity index is 1280. The average Bonchev–Trinajstić information content (AvgIpc) is 3.22. The molecule has 5 rings (SSSR count). The maximum absolute atomic E-state index is 13.2. The van der Waals surface area contributed by atoms with Crippen molar-refractivity contribution < 1.29 is 27.8 Å². The Morgan fingerprint density at radius 2 is 2.00 bits per heavy atom. The van der Waals surface area contributed by atoms with Crippen molar-refractivity contribution in [3.05, 3.63) is 41.1 Å². The summed E-state index contributed by atoms with van der Waals surface area (Å²) >= 11 is 0. The van der Waals surface area contributed by atoms with E-state index in [4.69, 9.17) is 21.9 Å². The van der Waals surface area contributed by atoms with Gasteiger partial charge in [0, 0.05) is 26.1 Å². The summed E-state index contributed by atoms with van der Waals surface area (Å²) in [5.74, 6) is 2.48. The smallest absolute Gasteiger partial charge is 0.416 e. The molecule has 1 aromatic carbocycles. The topological polar surface area (TPSA) is 109 Å². The van der Waals surface area contributed by atoms with Crippen LogP contribution in [0.5, 0.6) is 0 Å². The highest BCUT2D eigenvalue weighted by molar-refractivity contribution is 6.35. The predicted octanol–water partition coefficient (Wildman–Crippen LogP) is 3.76. The molecule has 3 N–H and O–H groups in total. The predicted molar refractivity (Wildman–Crippen MR) is 138 cm³/mol. The number of aliphatic imine (C=N–C) groups is 1. The Balaban J connectivity index is 1.54. The van der Waals surface area contributed by atoms with Crippen molar-refractivity contribution >= 4 is 23.6 Å². The van der Waals surface area contributed by atoms with Crippen LogP contribution in [-0.2, 0) is 22.3 Å². The van der Waals surface area contributed by atoms with Crippen LogP contribution in [0.3, 0.4) is 0 Å². The number of imidazole rings is 1. The Hall–Kier alpha value is -3.56. The van der Waals surface area contributed by atoms with Gasteiger partial charge in [-0.15, -0.1) is 12.3 Å². The van der Waals surface area contributed by atoms with Crippen LogP contribution in [-0.4, -0.2) is 63.7 Å². The van der Waals surface area contributed by atoms with E-state index in [0.717, 1.165) is 31.4 Å². The summed E-state index contributed by atoms with van der Waals surface area (Å²) < 4.78 is 47.1. The average molecular weight is 545 g/mol. The second-order valence-corrected chi connectivity index (χ2v) is 10.2. The van der Waals surface area contributed by atoms with Crippen molar-refractivity contribution in [1.82, 2.24) is 14.5 Å². The Kier molecular flexibility index (Phi) is 7.55. The van der Waals surface area contributed by atoms with E-state index >= 15 is 0 Å². The van der Waals surface area contributed by atoms with E-state index in [-0.39, 0.29) is 24.3 Å². The summed E-state index contributed by atoms with van der Waals surface area (Å²) in [4.78, 5) is 24.9. The zero-order valence-electron chi connectivity index (χ0n) is 21.4. The molecular formula is C27H31F3N6O3. The number of benzene rings is 1. The molecule has 0 bridgehead atoms. The van der Waals surface area contributed by atoms with E-state index in [2.05, 4.69) is 10.9 Å². The number of amidine groups is 1. The van der Waals surface area contributed by atoms with Crippen LogP contribution in [0.15, 0.2) is 29.3 Å². The molecule has 1 saturated heterocycles. The fraction of sp³-hybridized carbons (Fsp3) is 0.519. The number of rotatable bonds is 8. The fourth-order valence-corrected chi connectivity index (χ4v) is 5.31. The number of ether oxygens (including phenoxy) is 1. The number of fused-ring (bicyclic) bond motifs is 1. The van der Waals surface area contributed by atoms with Crippen LogP contribution in [0, 0.1) is 18.3 Å². The zero-order valence-corrected chi connectivity index (χ0v) is 21.4. The molecule has 0 radical (unpaired) electrons. The Morgan fingerprint density at radius 3 is 2.62 bits per heavy atom. The van der Waals surface area contributed by atoms with Gasteiger partial charge in [-0.2, -0.15) is 18.2 Å². The van der Waals surface area contributed by atoms with Gasteiger partial charge in [0.25, 0.3) is 0 Å². The normalized spacial score (nSPS) is 21.7. The fourth-order valence-electron chi connectivity index (χ4n) is 5.31. The molecule has 2 aromatic rings. The zero-order chi connectivity index (χ0) is 27.7. The van der Waals surface area contributed by atoms with Crippen LogP contribution >= 0.6 is 0 Å². The lowest BCUT2D eigenvalue weighted by molar-refractivity contribution is -0.137. The molecule has 208 valence electrons. The highest BCUT2D eigenvalue weighted by Gasteiger charge is 2.38. The van der Waals surface area contributed by atoms with Gasteiger partial charge in [-0.3, -0.25) is 0 Å². The van der Waals surface area contributed by atoms with E-state index in [1.807, 2.05) is 9.47 Å². The first kappa shape index (κ1) is 27.0. The number of carboxylic acid groups (broad SMARTS) is 1. The third-order valence-electron chi connectivity index (χ3n) is 7.65. The number of carboxylic acids is 1. The third kappa shape index (κ3) is 5.60. The van der Waals surface area contributed by atoms with Crippen molar-refractivity contribution in [2.45, 2.75) is 57.1 Å². The van der Waals surface area contributed by atoms with Gasteiger partial charge in [-0.1, -0.05) is 31.4 Å². The lowest BCUT2D eigenvalue weighted by Crippen LogP contribution is -2.47. The number of alkyl halides is 3. The van der Waals surface area contributed by atoms with Crippen molar-refractivity contribution in [2.24, 2.45) is 16.6 Å². The number of anilines is 1. The standard InChI is InChI=1S/C27H31F3N6O3/c1-2-4-20-16-34(13-14-39-20)26-33-23-21(36(26)15-18-7-9-19(10-8-18)27(28,29)30)22(31)35(24(32-23)25(37)38)12-11-17-5-3-6-17/h1,7-10,17,20,22H,3-6,11-16,31H2,(H,37,38). The monoisotopic (exact) mass is 544 g/mol. The van der Waals surface area contributed by atoms with Crippen LogP contribution in [0.2, 0.25) is 0 Å². The quantitative estimate of drug-likeness (QED) is 0.487. The maximum Gasteiger partial charge on any atom is 0.416 e. The summed E-state index contributed by atoms with van der Waals surface area (Å²) in [5.41, 5.74) is 7.11. The Morgan fingerprint density at radius 1 is 1.26 bits per heavy atom. The SMILES string of the molecule is C#CCC1CN(c2nc3c(n2Cc2ccc(C(F)(F)F)cc2)C(N)N(CCC2CCC2)C(C(=O)O)=N3)CCO1. The van der Waals surface area contributed by atoms with Gasteiger partial charge in [0.15, 0.2) is 5.82 Å². The number of nitrogens with two attached hydrogens (primary N) is 1. The molecule has 1 aliphatic carbocycles. The maximum atomic E-state index is 13.2. The second-order valence-electron chi connectivity index (χ2n) is 10.2. The van der Waals surface area contributed by atoms with Crippen molar-refractivity contribution in [1.29, 1.82) is 0 Å². The third-order valence-corrected chi connectivity index (χ3v) is 7.65. The van der Waals surface area contributed by atoms with Gasteiger partial charge in [0.1, 0.15) is 11.9 Å². The van der Waals surface area contributed by atoms with Crippen LogP contribution in [0.4, 0.5) is 24.9 Å².